The third-order valence-electron chi connectivity index (χ3n) is 3.91. The molecule has 0 aromatic heterocycles. The summed E-state index contributed by atoms with van der Waals surface area (Å²) in [7, 11) is 1.54. The average molecular weight is 384 g/mol. The third kappa shape index (κ3) is 6.30. The van der Waals surface area contributed by atoms with Crippen molar-refractivity contribution in [3.63, 3.8) is 0 Å². The molecule has 0 spiro atoms. The molecule has 2 N–H and O–H groups in total. The van der Waals surface area contributed by atoms with Crippen LogP contribution in [0.25, 0.3) is 0 Å². The SMILES string of the molecule is CCCOc1ccc(C(=O)Nc2ccc(NC(=O)CC(C)C)cc2)cc1OC. The number of anilines is 2. The van der Waals surface area contributed by atoms with E-state index in [2.05, 4.69) is 10.6 Å². The average Bonchev–Trinajstić information content (AvgIpc) is 2.67. The van der Waals surface area contributed by atoms with Crippen molar-refractivity contribution >= 4 is 23.2 Å². The Kier molecular flexibility index (Phi) is 7.87. The van der Waals surface area contributed by atoms with E-state index in [4.69, 9.17) is 9.47 Å². The van der Waals surface area contributed by atoms with Crippen LogP contribution in [0.4, 0.5) is 11.4 Å². The Labute approximate surface area is 166 Å². The van der Waals surface area contributed by atoms with Gasteiger partial charge in [-0.15, -0.1) is 0 Å². The standard InChI is InChI=1S/C22H28N2O4/c1-5-12-28-19-11-6-16(14-20(19)27-4)22(26)24-18-9-7-17(8-10-18)23-21(25)13-15(2)3/h6-11,14-15H,5,12-13H2,1-4H3,(H,23,25)(H,24,26). The Bertz CT molecular complexity index is 801. The van der Waals surface area contributed by atoms with Crippen LogP contribution in [0.15, 0.2) is 42.5 Å². The smallest absolute Gasteiger partial charge is 0.255 e. The topological polar surface area (TPSA) is 76.7 Å². The van der Waals surface area contributed by atoms with Crippen LogP contribution in [-0.2, 0) is 4.79 Å². The molecule has 28 heavy (non-hydrogen) atoms. The van der Waals surface area contributed by atoms with Crippen LogP contribution in [0.2, 0.25) is 0 Å². The van der Waals surface area contributed by atoms with E-state index in [9.17, 15) is 9.59 Å². The van der Waals surface area contributed by atoms with Crippen LogP contribution in [0.3, 0.4) is 0 Å². The number of amides is 2. The van der Waals surface area contributed by atoms with E-state index in [0.717, 1.165) is 6.42 Å². The second-order valence-corrected chi connectivity index (χ2v) is 6.89. The molecule has 0 bridgehead atoms. The molecule has 0 saturated carbocycles. The van der Waals surface area contributed by atoms with Crippen LogP contribution in [0, 0.1) is 5.92 Å². The fourth-order valence-corrected chi connectivity index (χ4v) is 2.56. The summed E-state index contributed by atoms with van der Waals surface area (Å²) in [6.07, 6.45) is 1.36. The van der Waals surface area contributed by atoms with Gasteiger partial charge in [0.15, 0.2) is 11.5 Å². The lowest BCUT2D eigenvalue weighted by atomic mass is 10.1. The van der Waals surface area contributed by atoms with Crippen LogP contribution in [0.5, 0.6) is 11.5 Å². The molecule has 0 fully saturated rings. The summed E-state index contributed by atoms with van der Waals surface area (Å²) >= 11 is 0. The number of nitrogens with one attached hydrogen (secondary N) is 2. The molecule has 2 aromatic carbocycles. The monoisotopic (exact) mass is 384 g/mol. The number of rotatable bonds is 9. The van der Waals surface area contributed by atoms with Gasteiger partial charge in [0.25, 0.3) is 5.91 Å². The van der Waals surface area contributed by atoms with E-state index in [1.165, 1.54) is 0 Å². The molecule has 0 aliphatic rings. The highest BCUT2D eigenvalue weighted by Crippen LogP contribution is 2.28. The van der Waals surface area contributed by atoms with E-state index in [1.54, 1.807) is 49.6 Å². The molecule has 0 atom stereocenters. The molecule has 2 aromatic rings. The van der Waals surface area contributed by atoms with Crippen LogP contribution in [-0.4, -0.2) is 25.5 Å². The molecule has 6 heteroatoms. The first-order chi connectivity index (χ1) is 13.4. The number of ether oxygens (including phenoxy) is 2. The van der Waals surface area contributed by atoms with Crippen molar-refractivity contribution in [1.29, 1.82) is 0 Å². The summed E-state index contributed by atoms with van der Waals surface area (Å²) in [6.45, 7) is 6.60. The molecule has 0 radical (unpaired) electrons. The Balaban J connectivity index is 2.01. The lowest BCUT2D eigenvalue weighted by Gasteiger charge is -2.12. The quantitative estimate of drug-likeness (QED) is 0.656. The minimum atomic E-state index is -0.253. The van der Waals surface area contributed by atoms with Gasteiger partial charge >= 0.3 is 0 Å². The van der Waals surface area contributed by atoms with Crippen LogP contribution in [0.1, 0.15) is 44.0 Å². The van der Waals surface area contributed by atoms with E-state index in [-0.39, 0.29) is 11.8 Å². The molecular formula is C22H28N2O4. The molecule has 2 rings (SSSR count). The van der Waals surface area contributed by atoms with Gasteiger partial charge in [0, 0.05) is 23.4 Å². The number of benzene rings is 2. The van der Waals surface area contributed by atoms with Gasteiger partial charge in [-0.2, -0.15) is 0 Å². The van der Waals surface area contributed by atoms with Gasteiger partial charge in [0.2, 0.25) is 5.91 Å². The highest BCUT2D eigenvalue weighted by atomic mass is 16.5. The first kappa shape index (κ1) is 21.3. The van der Waals surface area contributed by atoms with Gasteiger partial charge in [-0.25, -0.2) is 0 Å². The predicted octanol–water partition coefficient (Wildman–Crippen LogP) is 4.72. The predicted molar refractivity (Wildman–Crippen MR) is 111 cm³/mol. The maximum atomic E-state index is 12.5. The summed E-state index contributed by atoms with van der Waals surface area (Å²) < 4.78 is 10.9. The Hall–Kier alpha value is -3.02. The minimum Gasteiger partial charge on any atom is -0.493 e. The molecule has 0 unspecified atom stereocenters. The minimum absolute atomic E-state index is 0.0238. The molecule has 0 heterocycles. The maximum Gasteiger partial charge on any atom is 0.255 e. The second kappa shape index (κ2) is 10.3. The fraction of sp³-hybridized carbons (Fsp3) is 0.364. The van der Waals surface area contributed by atoms with Crippen molar-refractivity contribution in [3.8, 4) is 11.5 Å². The molecule has 6 nitrogen and oxygen atoms in total. The molecule has 0 saturated heterocycles. The van der Waals surface area contributed by atoms with Crippen molar-refractivity contribution in [2.75, 3.05) is 24.4 Å². The molecule has 150 valence electrons. The zero-order chi connectivity index (χ0) is 20.5. The van der Waals surface area contributed by atoms with Crippen molar-refractivity contribution in [3.05, 3.63) is 48.0 Å². The van der Waals surface area contributed by atoms with Crippen molar-refractivity contribution in [2.24, 2.45) is 5.92 Å². The number of hydrogen-bond donors (Lipinski definition) is 2. The first-order valence-electron chi connectivity index (χ1n) is 9.45. The molecule has 0 aliphatic heterocycles. The zero-order valence-corrected chi connectivity index (χ0v) is 16.9. The van der Waals surface area contributed by atoms with Gasteiger partial charge in [-0.3, -0.25) is 9.59 Å². The first-order valence-corrected chi connectivity index (χ1v) is 9.45. The van der Waals surface area contributed by atoms with Gasteiger partial charge in [0.1, 0.15) is 0 Å². The van der Waals surface area contributed by atoms with Crippen LogP contribution < -0.4 is 20.1 Å². The maximum absolute atomic E-state index is 12.5. The summed E-state index contributed by atoms with van der Waals surface area (Å²) in [5.74, 6) is 1.15. The van der Waals surface area contributed by atoms with E-state index >= 15 is 0 Å². The highest BCUT2D eigenvalue weighted by Gasteiger charge is 2.12. The number of hydrogen-bond acceptors (Lipinski definition) is 4. The van der Waals surface area contributed by atoms with Gasteiger partial charge in [-0.05, 0) is 54.8 Å². The van der Waals surface area contributed by atoms with E-state index < -0.39 is 0 Å². The summed E-state index contributed by atoms with van der Waals surface area (Å²) in [6, 6.07) is 12.1. The number of carbonyl (C=O) groups excluding carboxylic acids is 2. The summed E-state index contributed by atoms with van der Waals surface area (Å²) in [5, 5.41) is 5.68. The normalized spacial score (nSPS) is 10.5. The van der Waals surface area contributed by atoms with Gasteiger partial charge < -0.3 is 20.1 Å². The van der Waals surface area contributed by atoms with E-state index in [1.807, 2.05) is 20.8 Å². The number of carbonyl (C=O) groups is 2. The van der Waals surface area contributed by atoms with Crippen molar-refractivity contribution < 1.29 is 19.1 Å². The third-order valence-corrected chi connectivity index (χ3v) is 3.91. The van der Waals surface area contributed by atoms with Gasteiger partial charge in [0.05, 0.1) is 13.7 Å². The molecule has 0 aliphatic carbocycles. The van der Waals surface area contributed by atoms with E-state index in [0.29, 0.717) is 47.4 Å². The van der Waals surface area contributed by atoms with Crippen LogP contribution >= 0.6 is 0 Å². The summed E-state index contributed by atoms with van der Waals surface area (Å²) in [4.78, 5) is 24.3. The molecule has 2 amide bonds. The largest absolute Gasteiger partial charge is 0.493 e. The van der Waals surface area contributed by atoms with Gasteiger partial charge in [-0.1, -0.05) is 20.8 Å². The molecular weight excluding hydrogens is 356 g/mol. The fourth-order valence-electron chi connectivity index (χ4n) is 2.56. The van der Waals surface area contributed by atoms with Crippen molar-refractivity contribution in [2.45, 2.75) is 33.6 Å². The number of methoxy groups -OCH3 is 1. The second-order valence-electron chi connectivity index (χ2n) is 6.89. The summed E-state index contributed by atoms with van der Waals surface area (Å²) in [5.41, 5.74) is 1.80. The zero-order valence-electron chi connectivity index (χ0n) is 16.9. The Morgan fingerprint density at radius 3 is 2.18 bits per heavy atom. The lowest BCUT2D eigenvalue weighted by molar-refractivity contribution is -0.116. The van der Waals surface area contributed by atoms with Crippen molar-refractivity contribution in [1.82, 2.24) is 0 Å². The Morgan fingerprint density at radius 1 is 0.964 bits per heavy atom. The highest BCUT2D eigenvalue weighted by molar-refractivity contribution is 6.04. The Morgan fingerprint density at radius 2 is 1.61 bits per heavy atom. The lowest BCUT2D eigenvalue weighted by Crippen LogP contribution is -2.14.